The number of hydrogen-bond acceptors (Lipinski definition) is 5. The minimum atomic E-state index is -0.671. The van der Waals surface area contributed by atoms with Gasteiger partial charge in [-0.2, -0.15) is 0 Å². The maximum atomic E-state index is 12.0. The van der Waals surface area contributed by atoms with E-state index in [1.807, 2.05) is 13.0 Å². The quantitative estimate of drug-likeness (QED) is 0.883. The Morgan fingerprint density at radius 2 is 2.23 bits per heavy atom. The van der Waals surface area contributed by atoms with Gasteiger partial charge < -0.3 is 5.32 Å². The number of amides is 1. The van der Waals surface area contributed by atoms with Crippen LogP contribution < -0.4 is 5.32 Å². The Morgan fingerprint density at radius 1 is 1.45 bits per heavy atom. The van der Waals surface area contributed by atoms with Crippen molar-refractivity contribution >= 4 is 34.8 Å². The monoisotopic (exact) mass is 335 g/mol. The first kappa shape index (κ1) is 14.9. The highest BCUT2D eigenvalue weighted by Gasteiger charge is 2.40. The second-order valence-electron chi connectivity index (χ2n) is 5.36. The number of nitrogens with zero attached hydrogens (tertiary/aromatic N) is 3. The van der Waals surface area contributed by atoms with E-state index in [-0.39, 0.29) is 18.3 Å². The van der Waals surface area contributed by atoms with Gasteiger partial charge >= 0.3 is 0 Å². The number of aromatic nitrogens is 2. The number of rotatable bonds is 2. The van der Waals surface area contributed by atoms with Crippen LogP contribution in [0.5, 0.6) is 0 Å². The zero-order valence-corrected chi connectivity index (χ0v) is 13.6. The topological polar surface area (TPSA) is 82.0 Å². The Morgan fingerprint density at radius 3 is 2.91 bits per heavy atom. The molecule has 0 bridgehead atoms. The Hall–Kier alpha value is -1.99. The summed E-state index contributed by atoms with van der Waals surface area (Å²) in [6.07, 6.45) is 5.30. The van der Waals surface area contributed by atoms with Gasteiger partial charge in [-0.15, -0.1) is 11.3 Å². The van der Waals surface area contributed by atoms with Crippen molar-refractivity contribution in [2.24, 2.45) is 0 Å². The molecular formula is C14H14ClN5OS. The van der Waals surface area contributed by atoms with Crippen molar-refractivity contribution in [3.63, 3.8) is 0 Å². The number of guanidine groups is 1. The van der Waals surface area contributed by atoms with Crippen LogP contribution in [-0.2, 0) is 10.3 Å². The molecule has 0 aliphatic carbocycles. The minimum Gasteiger partial charge on any atom is -0.344 e. The maximum absolute atomic E-state index is 12.0. The first-order valence-electron chi connectivity index (χ1n) is 6.59. The molecule has 2 N–H and O–H groups in total. The van der Waals surface area contributed by atoms with Crippen LogP contribution in [0.3, 0.4) is 0 Å². The van der Waals surface area contributed by atoms with Gasteiger partial charge in [0, 0.05) is 31.2 Å². The van der Waals surface area contributed by atoms with E-state index in [9.17, 15) is 4.79 Å². The summed E-state index contributed by atoms with van der Waals surface area (Å²) < 4.78 is 0. The van der Waals surface area contributed by atoms with Crippen molar-refractivity contribution in [1.82, 2.24) is 20.2 Å². The van der Waals surface area contributed by atoms with E-state index in [0.717, 1.165) is 15.4 Å². The molecular weight excluding hydrogens is 322 g/mol. The lowest BCUT2D eigenvalue weighted by atomic mass is 9.96. The van der Waals surface area contributed by atoms with Crippen molar-refractivity contribution < 1.29 is 4.79 Å². The number of nitrogens with one attached hydrogen (secondary N) is 2. The molecule has 1 aliphatic heterocycles. The van der Waals surface area contributed by atoms with Gasteiger partial charge in [0.15, 0.2) is 5.96 Å². The zero-order valence-electron chi connectivity index (χ0n) is 12.1. The summed E-state index contributed by atoms with van der Waals surface area (Å²) in [5, 5.41) is 12.3. The summed E-state index contributed by atoms with van der Waals surface area (Å²) in [7, 11) is 1.59. The average molecular weight is 336 g/mol. The van der Waals surface area contributed by atoms with Crippen LogP contribution in [0.1, 0.15) is 18.4 Å². The SMILES string of the molecule is CN1C(=N)N[C@](C)(c2ncc(-c3cncc(Cl)c3)s2)CC1=O. The predicted octanol–water partition coefficient (Wildman–Crippen LogP) is 2.46. The molecule has 114 valence electrons. The van der Waals surface area contributed by atoms with E-state index in [0.29, 0.717) is 5.02 Å². The molecule has 2 aromatic heterocycles. The molecule has 1 saturated heterocycles. The molecule has 1 amide bonds. The van der Waals surface area contributed by atoms with Gasteiger partial charge in [0.25, 0.3) is 0 Å². The first-order chi connectivity index (χ1) is 10.4. The highest BCUT2D eigenvalue weighted by Crippen LogP contribution is 2.35. The zero-order chi connectivity index (χ0) is 15.9. The highest BCUT2D eigenvalue weighted by atomic mass is 35.5. The van der Waals surface area contributed by atoms with E-state index < -0.39 is 5.54 Å². The predicted molar refractivity (Wildman–Crippen MR) is 86.0 cm³/mol. The molecule has 3 heterocycles. The normalized spacial score (nSPS) is 21.9. The summed E-state index contributed by atoms with van der Waals surface area (Å²) in [6.45, 7) is 1.88. The molecule has 0 spiro atoms. The van der Waals surface area contributed by atoms with Crippen molar-refractivity contribution in [1.29, 1.82) is 5.41 Å². The van der Waals surface area contributed by atoms with Crippen LogP contribution in [0.4, 0.5) is 0 Å². The lowest BCUT2D eigenvalue weighted by Gasteiger charge is -2.37. The molecule has 6 nitrogen and oxygen atoms in total. The Labute approximate surface area is 136 Å². The van der Waals surface area contributed by atoms with Crippen molar-refractivity contribution in [3.8, 4) is 10.4 Å². The molecule has 8 heteroatoms. The molecule has 1 aliphatic rings. The van der Waals surface area contributed by atoms with E-state index in [4.69, 9.17) is 17.0 Å². The summed E-state index contributed by atoms with van der Waals surface area (Å²) in [4.78, 5) is 22.7. The summed E-state index contributed by atoms with van der Waals surface area (Å²) >= 11 is 7.43. The van der Waals surface area contributed by atoms with Crippen LogP contribution in [0.2, 0.25) is 5.02 Å². The smallest absolute Gasteiger partial charge is 0.231 e. The van der Waals surface area contributed by atoms with Crippen molar-refractivity contribution in [2.45, 2.75) is 18.9 Å². The summed E-state index contributed by atoms with van der Waals surface area (Å²) in [5.74, 6) is -0.0210. The third-order valence-electron chi connectivity index (χ3n) is 3.58. The molecule has 0 aromatic carbocycles. The van der Waals surface area contributed by atoms with Gasteiger partial charge in [-0.05, 0) is 13.0 Å². The molecule has 22 heavy (non-hydrogen) atoms. The molecule has 1 fully saturated rings. The Kier molecular flexibility index (Phi) is 3.62. The largest absolute Gasteiger partial charge is 0.344 e. The maximum Gasteiger partial charge on any atom is 0.231 e. The van der Waals surface area contributed by atoms with E-state index in [1.54, 1.807) is 25.6 Å². The van der Waals surface area contributed by atoms with Gasteiger partial charge in [-0.3, -0.25) is 20.1 Å². The van der Waals surface area contributed by atoms with Gasteiger partial charge in [0.1, 0.15) is 5.01 Å². The number of carbonyl (C=O) groups is 1. The third kappa shape index (κ3) is 2.57. The first-order valence-corrected chi connectivity index (χ1v) is 7.79. The molecule has 1 atom stereocenters. The van der Waals surface area contributed by atoms with Crippen LogP contribution in [0.15, 0.2) is 24.7 Å². The molecule has 0 radical (unpaired) electrons. The highest BCUT2D eigenvalue weighted by molar-refractivity contribution is 7.15. The van der Waals surface area contributed by atoms with Crippen LogP contribution in [0.25, 0.3) is 10.4 Å². The lowest BCUT2D eigenvalue weighted by Crippen LogP contribution is -2.58. The fraction of sp³-hybridized carbons (Fsp3) is 0.286. The number of carbonyl (C=O) groups excluding carboxylic acids is 1. The van der Waals surface area contributed by atoms with Crippen LogP contribution in [0, 0.1) is 5.41 Å². The van der Waals surface area contributed by atoms with Crippen LogP contribution >= 0.6 is 22.9 Å². The number of pyridine rings is 1. The third-order valence-corrected chi connectivity index (χ3v) is 5.09. The minimum absolute atomic E-state index is 0.0833. The Bertz CT molecular complexity index is 741. The number of halogens is 1. The van der Waals surface area contributed by atoms with Gasteiger partial charge in [0.2, 0.25) is 5.91 Å². The lowest BCUT2D eigenvalue weighted by molar-refractivity contribution is -0.129. The van der Waals surface area contributed by atoms with Gasteiger partial charge in [-0.1, -0.05) is 11.6 Å². The van der Waals surface area contributed by atoms with Gasteiger partial charge in [-0.25, -0.2) is 4.98 Å². The van der Waals surface area contributed by atoms with E-state index in [1.165, 1.54) is 16.2 Å². The summed E-state index contributed by atoms with van der Waals surface area (Å²) in [6, 6.07) is 1.82. The Balaban J connectivity index is 1.93. The standard InChI is InChI=1S/C14H14ClN5OS/c1-14(4-11(21)20(2)13(16)19-14)12-18-7-10(22-12)8-3-9(15)6-17-5-8/h3,5-7H,4H2,1-2H3,(H2,16,19)/t14-/m0/s1. The van der Waals surface area contributed by atoms with Gasteiger partial charge in [0.05, 0.1) is 21.9 Å². The molecule has 0 saturated carbocycles. The molecule has 0 unspecified atom stereocenters. The van der Waals surface area contributed by atoms with E-state index >= 15 is 0 Å². The van der Waals surface area contributed by atoms with E-state index in [2.05, 4.69) is 15.3 Å². The van der Waals surface area contributed by atoms with Crippen LogP contribution in [-0.4, -0.2) is 33.8 Å². The average Bonchev–Trinajstić information content (AvgIpc) is 2.95. The summed E-state index contributed by atoms with van der Waals surface area (Å²) in [5.41, 5.74) is 0.212. The molecule has 2 aromatic rings. The number of thiazole rings is 1. The second-order valence-corrected chi connectivity index (χ2v) is 6.82. The second kappa shape index (κ2) is 5.33. The number of hydrogen-bond donors (Lipinski definition) is 2. The molecule has 3 rings (SSSR count). The van der Waals surface area contributed by atoms with Crippen molar-refractivity contribution in [2.75, 3.05) is 7.05 Å². The van der Waals surface area contributed by atoms with Crippen molar-refractivity contribution in [3.05, 3.63) is 34.7 Å². The fourth-order valence-corrected chi connectivity index (χ4v) is 3.44. The fourth-order valence-electron chi connectivity index (χ4n) is 2.27.